The Morgan fingerprint density at radius 1 is 1.30 bits per heavy atom. The number of amides is 3. The smallest absolute Gasteiger partial charge is 0.316 e. The number of rotatable bonds is 3. The van der Waals surface area contributed by atoms with E-state index in [4.69, 9.17) is 10.5 Å². The molecule has 20 heavy (non-hydrogen) atoms. The van der Waals surface area contributed by atoms with Crippen molar-refractivity contribution in [2.24, 2.45) is 5.73 Å². The summed E-state index contributed by atoms with van der Waals surface area (Å²) in [6.07, 6.45) is -0.499. The minimum Gasteiger partial charge on any atom is -0.366 e. The highest BCUT2D eigenvalue weighted by molar-refractivity contribution is 5.95. The molecule has 8 heteroatoms. The Morgan fingerprint density at radius 3 is 2.60 bits per heavy atom. The van der Waals surface area contributed by atoms with Crippen LogP contribution in [-0.4, -0.2) is 37.7 Å². The Hall–Kier alpha value is -1.83. The van der Waals surface area contributed by atoms with Crippen molar-refractivity contribution in [3.8, 4) is 0 Å². The summed E-state index contributed by atoms with van der Waals surface area (Å²) in [7, 11) is 0. The van der Waals surface area contributed by atoms with Gasteiger partial charge in [-0.15, -0.1) is 12.4 Å². The third kappa shape index (κ3) is 4.69. The first kappa shape index (κ1) is 16.2. The SMILES string of the molecule is Cl.NC(=O)Nc1cccc(NC(=O)C2CNCCO2)c1. The molecule has 1 heterocycles. The monoisotopic (exact) mass is 300 g/mol. The second-order valence-electron chi connectivity index (χ2n) is 4.12. The number of ether oxygens (including phenoxy) is 1. The van der Waals surface area contributed by atoms with E-state index in [-0.39, 0.29) is 18.3 Å². The van der Waals surface area contributed by atoms with Gasteiger partial charge in [-0.2, -0.15) is 0 Å². The zero-order chi connectivity index (χ0) is 13.7. The summed E-state index contributed by atoms with van der Waals surface area (Å²) in [5, 5.41) is 8.25. The van der Waals surface area contributed by atoms with Crippen molar-refractivity contribution in [3.63, 3.8) is 0 Å². The van der Waals surface area contributed by atoms with E-state index in [0.717, 1.165) is 6.54 Å². The number of benzene rings is 1. The van der Waals surface area contributed by atoms with Crippen LogP contribution in [0.25, 0.3) is 0 Å². The van der Waals surface area contributed by atoms with Crippen molar-refractivity contribution in [3.05, 3.63) is 24.3 Å². The van der Waals surface area contributed by atoms with E-state index in [9.17, 15) is 9.59 Å². The Bertz CT molecular complexity index is 478. The molecule has 1 fully saturated rings. The molecular weight excluding hydrogens is 284 g/mol. The molecule has 0 spiro atoms. The van der Waals surface area contributed by atoms with Gasteiger partial charge in [-0.1, -0.05) is 6.07 Å². The fraction of sp³-hybridized carbons (Fsp3) is 0.333. The van der Waals surface area contributed by atoms with E-state index in [2.05, 4.69) is 16.0 Å². The van der Waals surface area contributed by atoms with Crippen LogP contribution in [0.15, 0.2) is 24.3 Å². The van der Waals surface area contributed by atoms with Gasteiger partial charge in [0.2, 0.25) is 0 Å². The maximum Gasteiger partial charge on any atom is 0.316 e. The maximum atomic E-state index is 11.9. The van der Waals surface area contributed by atoms with Crippen LogP contribution in [-0.2, 0) is 9.53 Å². The molecule has 0 aromatic heterocycles. The van der Waals surface area contributed by atoms with E-state index in [0.29, 0.717) is 24.5 Å². The minimum absolute atomic E-state index is 0. The molecule has 1 aromatic rings. The predicted molar refractivity (Wildman–Crippen MR) is 78.1 cm³/mol. The Labute approximate surface area is 122 Å². The standard InChI is InChI=1S/C12H16N4O3.ClH/c13-12(18)16-9-3-1-2-8(6-9)15-11(17)10-7-14-4-5-19-10;/h1-3,6,10,14H,4-5,7H2,(H,15,17)(H3,13,16,18);1H. The van der Waals surface area contributed by atoms with Crippen LogP contribution in [0.3, 0.4) is 0 Å². The van der Waals surface area contributed by atoms with Crippen molar-refractivity contribution < 1.29 is 14.3 Å². The highest BCUT2D eigenvalue weighted by atomic mass is 35.5. The molecule has 1 aromatic carbocycles. The van der Waals surface area contributed by atoms with Crippen molar-refractivity contribution >= 4 is 35.7 Å². The summed E-state index contributed by atoms with van der Waals surface area (Å²) in [4.78, 5) is 22.7. The fourth-order valence-electron chi connectivity index (χ4n) is 1.77. The van der Waals surface area contributed by atoms with Gasteiger partial charge in [0.15, 0.2) is 0 Å². The van der Waals surface area contributed by atoms with Crippen molar-refractivity contribution in [1.29, 1.82) is 0 Å². The number of primary amides is 1. The molecule has 1 unspecified atom stereocenters. The van der Waals surface area contributed by atoms with Crippen LogP contribution in [0.4, 0.5) is 16.2 Å². The Balaban J connectivity index is 0.00000200. The zero-order valence-corrected chi connectivity index (χ0v) is 11.5. The van der Waals surface area contributed by atoms with E-state index < -0.39 is 12.1 Å². The normalized spacial score (nSPS) is 17.7. The lowest BCUT2D eigenvalue weighted by Gasteiger charge is -2.22. The lowest BCUT2D eigenvalue weighted by atomic mass is 10.2. The van der Waals surface area contributed by atoms with Crippen LogP contribution >= 0.6 is 12.4 Å². The number of nitrogens with one attached hydrogen (secondary N) is 3. The molecule has 0 radical (unpaired) electrons. The van der Waals surface area contributed by atoms with Gasteiger partial charge in [0, 0.05) is 24.5 Å². The van der Waals surface area contributed by atoms with Gasteiger partial charge in [0.05, 0.1) is 6.61 Å². The molecular formula is C12H17ClN4O3. The quantitative estimate of drug-likeness (QED) is 0.653. The van der Waals surface area contributed by atoms with Crippen LogP contribution < -0.4 is 21.7 Å². The number of halogens is 1. The summed E-state index contributed by atoms with van der Waals surface area (Å²) in [6, 6.07) is 6.09. The first-order valence-electron chi connectivity index (χ1n) is 5.95. The lowest BCUT2D eigenvalue weighted by molar-refractivity contribution is -0.128. The highest BCUT2D eigenvalue weighted by Crippen LogP contribution is 2.15. The summed E-state index contributed by atoms with van der Waals surface area (Å²) >= 11 is 0. The number of urea groups is 1. The molecule has 1 aliphatic heterocycles. The molecule has 1 atom stereocenters. The number of morpholine rings is 1. The lowest BCUT2D eigenvalue weighted by Crippen LogP contribution is -2.45. The van der Waals surface area contributed by atoms with E-state index in [1.165, 1.54) is 0 Å². The zero-order valence-electron chi connectivity index (χ0n) is 10.7. The molecule has 5 N–H and O–H groups in total. The second kappa shape index (κ2) is 7.68. The van der Waals surface area contributed by atoms with Crippen LogP contribution in [0, 0.1) is 0 Å². The first-order valence-corrected chi connectivity index (χ1v) is 5.95. The van der Waals surface area contributed by atoms with Crippen molar-refractivity contribution in [1.82, 2.24) is 5.32 Å². The molecule has 2 rings (SSSR count). The molecule has 0 saturated carbocycles. The van der Waals surface area contributed by atoms with Gasteiger partial charge in [-0.3, -0.25) is 4.79 Å². The average molecular weight is 301 g/mol. The van der Waals surface area contributed by atoms with Gasteiger partial charge < -0.3 is 26.4 Å². The van der Waals surface area contributed by atoms with Gasteiger partial charge in [0.1, 0.15) is 6.10 Å². The number of hydrogen-bond donors (Lipinski definition) is 4. The van der Waals surface area contributed by atoms with Crippen LogP contribution in [0.1, 0.15) is 0 Å². The number of nitrogens with two attached hydrogens (primary N) is 1. The Kier molecular flexibility index (Phi) is 6.23. The first-order chi connectivity index (χ1) is 9.15. The third-order valence-electron chi connectivity index (χ3n) is 2.62. The third-order valence-corrected chi connectivity index (χ3v) is 2.62. The second-order valence-corrected chi connectivity index (χ2v) is 4.12. The Morgan fingerprint density at radius 2 is 2.00 bits per heavy atom. The largest absolute Gasteiger partial charge is 0.366 e. The van der Waals surface area contributed by atoms with Gasteiger partial charge >= 0.3 is 6.03 Å². The predicted octanol–water partition coefficient (Wildman–Crippen LogP) is 0.526. The van der Waals surface area contributed by atoms with E-state index in [1.807, 2.05) is 0 Å². The molecule has 110 valence electrons. The van der Waals surface area contributed by atoms with E-state index in [1.54, 1.807) is 24.3 Å². The summed E-state index contributed by atoms with van der Waals surface area (Å²) in [5.41, 5.74) is 6.12. The number of hydrogen-bond acceptors (Lipinski definition) is 4. The van der Waals surface area contributed by atoms with Crippen molar-refractivity contribution in [2.75, 3.05) is 30.3 Å². The number of carbonyl (C=O) groups excluding carboxylic acids is 2. The van der Waals surface area contributed by atoms with Crippen LogP contribution in [0.2, 0.25) is 0 Å². The van der Waals surface area contributed by atoms with Gasteiger partial charge in [0.25, 0.3) is 5.91 Å². The van der Waals surface area contributed by atoms with Crippen molar-refractivity contribution in [2.45, 2.75) is 6.10 Å². The van der Waals surface area contributed by atoms with Gasteiger partial charge in [-0.05, 0) is 18.2 Å². The number of anilines is 2. The summed E-state index contributed by atoms with van der Waals surface area (Å²) in [6.45, 7) is 1.76. The summed E-state index contributed by atoms with van der Waals surface area (Å²) < 4.78 is 5.34. The van der Waals surface area contributed by atoms with Gasteiger partial charge in [-0.25, -0.2) is 4.79 Å². The minimum atomic E-state index is -0.650. The molecule has 1 aliphatic rings. The molecule has 3 amide bonds. The topological polar surface area (TPSA) is 105 Å². The average Bonchev–Trinajstić information content (AvgIpc) is 2.39. The summed E-state index contributed by atoms with van der Waals surface area (Å²) in [5.74, 6) is -0.219. The van der Waals surface area contributed by atoms with Crippen LogP contribution in [0.5, 0.6) is 0 Å². The molecule has 1 saturated heterocycles. The highest BCUT2D eigenvalue weighted by Gasteiger charge is 2.21. The maximum absolute atomic E-state index is 11.9. The van der Waals surface area contributed by atoms with E-state index >= 15 is 0 Å². The molecule has 0 bridgehead atoms. The molecule has 7 nitrogen and oxygen atoms in total. The molecule has 0 aliphatic carbocycles. The number of carbonyl (C=O) groups is 2. The fourth-order valence-corrected chi connectivity index (χ4v) is 1.77.